The summed E-state index contributed by atoms with van der Waals surface area (Å²) in [5.74, 6) is 0.964. The molecule has 3 rings (SSSR count). The Labute approximate surface area is 221 Å². The lowest BCUT2D eigenvalue weighted by Crippen LogP contribution is -2.40. The molecule has 7 nitrogen and oxygen atoms in total. The Hall–Kier alpha value is -3.10. The highest BCUT2D eigenvalue weighted by Gasteiger charge is 2.08. The standard InChI is InChI=1S/C30H42N4O3/c1-22-4-7-28(35)25(16-22)19-31-10-13-34(14-11-32-20-26-17-23(2)5-8-29(26)36)15-12-33-21-27-18-24(3)6-9-30(27)37/h4-9,16-18,31-33,35-37H,10-15,19-21H2,1-3H3. The number of nitrogens with zero attached hydrogens (tertiary/aromatic N) is 1. The summed E-state index contributed by atoms with van der Waals surface area (Å²) in [6.45, 7) is 12.9. The Bertz CT molecular complexity index is 994. The zero-order valence-corrected chi connectivity index (χ0v) is 22.3. The molecule has 0 amide bonds. The van der Waals surface area contributed by atoms with Crippen molar-refractivity contribution in [1.29, 1.82) is 0 Å². The van der Waals surface area contributed by atoms with E-state index < -0.39 is 0 Å². The van der Waals surface area contributed by atoms with Gasteiger partial charge in [-0.25, -0.2) is 0 Å². The number of hydrogen-bond donors (Lipinski definition) is 6. The van der Waals surface area contributed by atoms with Crippen molar-refractivity contribution in [3.8, 4) is 17.2 Å². The third-order valence-electron chi connectivity index (χ3n) is 6.47. The summed E-state index contributed by atoms with van der Waals surface area (Å²) in [7, 11) is 0. The summed E-state index contributed by atoms with van der Waals surface area (Å²) < 4.78 is 0. The monoisotopic (exact) mass is 506 g/mol. The Morgan fingerprint density at radius 2 is 0.811 bits per heavy atom. The predicted molar refractivity (Wildman–Crippen MR) is 150 cm³/mol. The van der Waals surface area contributed by atoms with Gasteiger partial charge in [-0.15, -0.1) is 0 Å². The molecular formula is C30H42N4O3. The summed E-state index contributed by atoms with van der Waals surface area (Å²) in [4.78, 5) is 2.38. The fourth-order valence-corrected chi connectivity index (χ4v) is 4.28. The quantitative estimate of drug-likeness (QED) is 0.175. The van der Waals surface area contributed by atoms with E-state index in [1.54, 1.807) is 18.2 Å². The first-order valence-corrected chi connectivity index (χ1v) is 13.0. The average molecular weight is 507 g/mol. The molecule has 0 unspecified atom stereocenters. The summed E-state index contributed by atoms with van der Waals surface area (Å²) in [5.41, 5.74) is 6.12. The van der Waals surface area contributed by atoms with Gasteiger partial charge in [0.05, 0.1) is 0 Å². The SMILES string of the molecule is Cc1ccc(O)c(CNCCN(CCNCc2cc(C)ccc2O)CCNCc2cc(C)ccc2O)c1. The Morgan fingerprint density at radius 1 is 0.514 bits per heavy atom. The van der Waals surface area contributed by atoms with Crippen LogP contribution >= 0.6 is 0 Å². The molecule has 0 aliphatic carbocycles. The molecule has 0 radical (unpaired) electrons. The summed E-state index contributed by atoms with van der Waals surface area (Å²) in [6.07, 6.45) is 0. The molecule has 200 valence electrons. The predicted octanol–water partition coefficient (Wildman–Crippen LogP) is 3.70. The minimum absolute atomic E-state index is 0.321. The zero-order chi connectivity index (χ0) is 26.6. The van der Waals surface area contributed by atoms with Crippen LogP contribution in [-0.4, -0.2) is 59.5 Å². The third kappa shape index (κ3) is 9.70. The van der Waals surface area contributed by atoms with E-state index in [4.69, 9.17) is 0 Å². The number of aryl methyl sites for hydroxylation is 3. The number of benzene rings is 3. The highest BCUT2D eigenvalue weighted by Crippen LogP contribution is 2.19. The summed E-state index contributed by atoms with van der Waals surface area (Å²) in [6, 6.07) is 17.0. The van der Waals surface area contributed by atoms with Gasteiger partial charge in [-0.05, 0) is 39.0 Å². The number of aromatic hydroxyl groups is 3. The van der Waals surface area contributed by atoms with Gasteiger partial charge in [0.1, 0.15) is 17.2 Å². The largest absolute Gasteiger partial charge is 0.508 e. The number of nitrogens with one attached hydrogen (secondary N) is 3. The fraction of sp³-hybridized carbons (Fsp3) is 0.400. The molecule has 0 saturated heterocycles. The molecule has 6 N–H and O–H groups in total. The maximum atomic E-state index is 10.1. The zero-order valence-electron chi connectivity index (χ0n) is 22.3. The fourth-order valence-electron chi connectivity index (χ4n) is 4.28. The molecule has 0 heterocycles. The van der Waals surface area contributed by atoms with Crippen LogP contribution in [0, 0.1) is 20.8 Å². The molecule has 0 spiro atoms. The molecule has 0 saturated carbocycles. The van der Waals surface area contributed by atoms with Crippen LogP contribution in [0.5, 0.6) is 17.2 Å². The van der Waals surface area contributed by atoms with Crippen molar-refractivity contribution in [2.45, 2.75) is 40.4 Å². The van der Waals surface area contributed by atoms with Gasteiger partial charge in [-0.1, -0.05) is 53.1 Å². The van der Waals surface area contributed by atoms with E-state index in [1.807, 2.05) is 57.2 Å². The highest BCUT2D eigenvalue weighted by molar-refractivity contribution is 5.37. The normalized spacial score (nSPS) is 11.4. The van der Waals surface area contributed by atoms with Crippen LogP contribution in [0.25, 0.3) is 0 Å². The van der Waals surface area contributed by atoms with Gasteiger partial charge in [0.15, 0.2) is 0 Å². The van der Waals surface area contributed by atoms with Gasteiger partial charge >= 0.3 is 0 Å². The van der Waals surface area contributed by atoms with Crippen LogP contribution < -0.4 is 16.0 Å². The maximum absolute atomic E-state index is 10.1. The number of rotatable bonds is 15. The third-order valence-corrected chi connectivity index (χ3v) is 6.47. The van der Waals surface area contributed by atoms with E-state index in [-0.39, 0.29) is 0 Å². The smallest absolute Gasteiger partial charge is 0.120 e. The van der Waals surface area contributed by atoms with E-state index in [0.717, 1.165) is 72.6 Å². The topological polar surface area (TPSA) is 100 Å². The van der Waals surface area contributed by atoms with E-state index >= 15 is 0 Å². The van der Waals surface area contributed by atoms with Gasteiger partial charge in [-0.2, -0.15) is 0 Å². The highest BCUT2D eigenvalue weighted by atomic mass is 16.3. The van der Waals surface area contributed by atoms with Crippen LogP contribution in [0.2, 0.25) is 0 Å². The van der Waals surface area contributed by atoms with E-state index in [2.05, 4.69) is 20.9 Å². The molecule has 0 aliphatic heterocycles. The average Bonchev–Trinajstić information content (AvgIpc) is 2.87. The van der Waals surface area contributed by atoms with Gasteiger partial charge in [0.25, 0.3) is 0 Å². The lowest BCUT2D eigenvalue weighted by atomic mass is 10.1. The summed E-state index contributed by atoms with van der Waals surface area (Å²) >= 11 is 0. The number of phenols is 3. The second-order valence-electron chi connectivity index (χ2n) is 9.77. The van der Waals surface area contributed by atoms with E-state index in [0.29, 0.717) is 36.9 Å². The first-order chi connectivity index (χ1) is 17.8. The lowest BCUT2D eigenvalue weighted by molar-refractivity contribution is 0.270. The molecule has 3 aromatic rings. The molecule has 7 heteroatoms. The van der Waals surface area contributed by atoms with Crippen molar-refractivity contribution in [1.82, 2.24) is 20.9 Å². The Kier molecular flexibility index (Phi) is 11.2. The number of hydrogen-bond acceptors (Lipinski definition) is 7. The van der Waals surface area contributed by atoms with Crippen molar-refractivity contribution < 1.29 is 15.3 Å². The van der Waals surface area contributed by atoms with Crippen molar-refractivity contribution in [2.75, 3.05) is 39.3 Å². The van der Waals surface area contributed by atoms with Gasteiger partial charge < -0.3 is 31.3 Å². The van der Waals surface area contributed by atoms with Crippen LogP contribution in [0.3, 0.4) is 0 Å². The maximum Gasteiger partial charge on any atom is 0.120 e. The van der Waals surface area contributed by atoms with Crippen molar-refractivity contribution in [3.05, 3.63) is 88.0 Å². The molecule has 0 atom stereocenters. The van der Waals surface area contributed by atoms with Gasteiger partial charge in [0, 0.05) is 75.6 Å². The van der Waals surface area contributed by atoms with E-state index in [9.17, 15) is 15.3 Å². The van der Waals surface area contributed by atoms with Gasteiger partial charge in [0.2, 0.25) is 0 Å². The molecule has 0 bridgehead atoms. The molecule has 0 aliphatic rings. The van der Waals surface area contributed by atoms with Gasteiger partial charge in [-0.3, -0.25) is 4.90 Å². The second kappa shape index (κ2) is 14.6. The van der Waals surface area contributed by atoms with Crippen LogP contribution in [0.1, 0.15) is 33.4 Å². The van der Waals surface area contributed by atoms with Crippen LogP contribution in [0.4, 0.5) is 0 Å². The molecule has 37 heavy (non-hydrogen) atoms. The molecule has 3 aromatic carbocycles. The molecular weight excluding hydrogens is 464 g/mol. The Morgan fingerprint density at radius 3 is 1.11 bits per heavy atom. The minimum Gasteiger partial charge on any atom is -0.508 e. The minimum atomic E-state index is 0.321. The first-order valence-electron chi connectivity index (χ1n) is 13.0. The van der Waals surface area contributed by atoms with Crippen molar-refractivity contribution in [3.63, 3.8) is 0 Å². The second-order valence-corrected chi connectivity index (χ2v) is 9.77. The first kappa shape index (κ1) is 28.5. The lowest BCUT2D eigenvalue weighted by Gasteiger charge is -2.23. The molecule has 0 fully saturated rings. The van der Waals surface area contributed by atoms with E-state index in [1.165, 1.54) is 0 Å². The van der Waals surface area contributed by atoms with Crippen molar-refractivity contribution >= 4 is 0 Å². The van der Waals surface area contributed by atoms with Crippen LogP contribution in [0.15, 0.2) is 54.6 Å². The molecule has 0 aromatic heterocycles. The van der Waals surface area contributed by atoms with Crippen LogP contribution in [-0.2, 0) is 19.6 Å². The summed E-state index contributed by atoms with van der Waals surface area (Å²) in [5, 5.41) is 40.6. The number of phenolic OH excluding ortho intramolecular Hbond substituents is 3. The Balaban J connectivity index is 1.47. The van der Waals surface area contributed by atoms with Crippen molar-refractivity contribution in [2.24, 2.45) is 0 Å².